The number of nitriles is 1. The molecule has 96 valence electrons. The first kappa shape index (κ1) is 14.0. The first-order valence-electron chi connectivity index (χ1n) is 6.42. The van der Waals surface area contributed by atoms with E-state index in [1.54, 1.807) is 0 Å². The van der Waals surface area contributed by atoms with Crippen LogP contribution in [0.3, 0.4) is 0 Å². The number of carbonyl (C=O) groups excluding carboxylic acids is 1. The van der Waals surface area contributed by atoms with E-state index in [4.69, 9.17) is 5.26 Å². The number of piperidine rings is 1. The quantitative estimate of drug-likeness (QED) is 0.760. The predicted molar refractivity (Wildman–Crippen MR) is 67.2 cm³/mol. The summed E-state index contributed by atoms with van der Waals surface area (Å²) in [7, 11) is 0. The zero-order valence-electron chi connectivity index (χ0n) is 10.9. The van der Waals surface area contributed by atoms with Crippen LogP contribution in [-0.4, -0.2) is 25.5 Å². The van der Waals surface area contributed by atoms with E-state index < -0.39 is 5.41 Å². The molecule has 1 fully saturated rings. The van der Waals surface area contributed by atoms with Gasteiger partial charge in [-0.05, 0) is 52.1 Å². The van der Waals surface area contributed by atoms with Crippen LogP contribution in [0.4, 0.5) is 0 Å². The van der Waals surface area contributed by atoms with E-state index >= 15 is 0 Å². The van der Waals surface area contributed by atoms with Gasteiger partial charge in [-0.15, -0.1) is 0 Å². The minimum Gasteiger partial charge on any atom is -0.355 e. The maximum absolute atomic E-state index is 11.6. The lowest BCUT2D eigenvalue weighted by molar-refractivity contribution is -0.121. The third kappa shape index (κ3) is 5.69. The molecule has 0 spiro atoms. The Hall–Kier alpha value is -1.08. The summed E-state index contributed by atoms with van der Waals surface area (Å²) in [5, 5.41) is 15.0. The summed E-state index contributed by atoms with van der Waals surface area (Å²) in [6, 6.07) is 2.18. The molecule has 2 N–H and O–H groups in total. The Morgan fingerprint density at radius 1 is 1.59 bits per heavy atom. The van der Waals surface area contributed by atoms with Crippen molar-refractivity contribution in [1.29, 1.82) is 5.26 Å². The van der Waals surface area contributed by atoms with E-state index in [-0.39, 0.29) is 5.91 Å². The van der Waals surface area contributed by atoms with Crippen molar-refractivity contribution in [3.05, 3.63) is 0 Å². The third-order valence-corrected chi connectivity index (χ3v) is 3.21. The molecule has 1 atom stereocenters. The first-order valence-corrected chi connectivity index (χ1v) is 6.42. The lowest BCUT2D eigenvalue weighted by Gasteiger charge is -2.22. The smallest absolute Gasteiger partial charge is 0.220 e. The average molecular weight is 237 g/mol. The van der Waals surface area contributed by atoms with Crippen molar-refractivity contribution in [2.75, 3.05) is 19.6 Å². The minimum absolute atomic E-state index is 0.0684. The molecule has 0 aromatic carbocycles. The molecule has 4 nitrogen and oxygen atoms in total. The average Bonchev–Trinajstić information content (AvgIpc) is 2.35. The van der Waals surface area contributed by atoms with Crippen molar-refractivity contribution in [2.24, 2.45) is 11.3 Å². The van der Waals surface area contributed by atoms with E-state index in [0.717, 1.165) is 19.5 Å². The summed E-state index contributed by atoms with van der Waals surface area (Å²) < 4.78 is 0. The number of amides is 1. The molecule has 1 amide bonds. The van der Waals surface area contributed by atoms with Gasteiger partial charge < -0.3 is 10.6 Å². The molecule has 0 saturated carbocycles. The maximum Gasteiger partial charge on any atom is 0.220 e. The summed E-state index contributed by atoms with van der Waals surface area (Å²) in [5.74, 6) is 0.706. The van der Waals surface area contributed by atoms with Gasteiger partial charge in [0, 0.05) is 13.0 Å². The van der Waals surface area contributed by atoms with Crippen LogP contribution in [0.1, 0.15) is 39.5 Å². The van der Waals surface area contributed by atoms with Gasteiger partial charge in [0.1, 0.15) is 0 Å². The Morgan fingerprint density at radius 2 is 2.35 bits per heavy atom. The van der Waals surface area contributed by atoms with Gasteiger partial charge in [-0.2, -0.15) is 5.26 Å². The highest BCUT2D eigenvalue weighted by molar-refractivity contribution is 5.75. The van der Waals surface area contributed by atoms with Crippen molar-refractivity contribution in [3.8, 4) is 6.07 Å². The van der Waals surface area contributed by atoms with Gasteiger partial charge in [0.15, 0.2) is 0 Å². The van der Waals surface area contributed by atoms with Crippen LogP contribution in [-0.2, 0) is 4.79 Å². The van der Waals surface area contributed by atoms with Gasteiger partial charge in [-0.1, -0.05) is 0 Å². The number of hydrogen-bond donors (Lipinski definition) is 2. The van der Waals surface area contributed by atoms with Crippen molar-refractivity contribution in [3.63, 3.8) is 0 Å². The van der Waals surface area contributed by atoms with Crippen LogP contribution in [0.15, 0.2) is 0 Å². The Morgan fingerprint density at radius 3 is 2.94 bits per heavy atom. The van der Waals surface area contributed by atoms with Crippen LogP contribution >= 0.6 is 0 Å². The van der Waals surface area contributed by atoms with Gasteiger partial charge in [-0.3, -0.25) is 4.79 Å². The number of nitrogens with zero attached hydrogens (tertiary/aromatic N) is 1. The zero-order chi connectivity index (χ0) is 12.7. The van der Waals surface area contributed by atoms with E-state index in [1.165, 1.54) is 12.8 Å². The molecule has 1 heterocycles. The summed E-state index contributed by atoms with van der Waals surface area (Å²) >= 11 is 0. The molecule has 0 aromatic rings. The van der Waals surface area contributed by atoms with Crippen LogP contribution in [0.25, 0.3) is 0 Å². The number of rotatable bonds is 5. The molecule has 0 bridgehead atoms. The molecule has 1 aliphatic heterocycles. The van der Waals surface area contributed by atoms with E-state index in [1.807, 2.05) is 13.8 Å². The Kier molecular flexibility index (Phi) is 5.43. The van der Waals surface area contributed by atoms with Gasteiger partial charge >= 0.3 is 0 Å². The van der Waals surface area contributed by atoms with E-state index in [2.05, 4.69) is 16.7 Å². The number of nitrogens with one attached hydrogen (secondary N) is 2. The molecule has 1 aliphatic rings. The number of hydrogen-bond acceptors (Lipinski definition) is 3. The maximum atomic E-state index is 11.6. The van der Waals surface area contributed by atoms with E-state index in [0.29, 0.717) is 18.9 Å². The monoisotopic (exact) mass is 237 g/mol. The third-order valence-electron chi connectivity index (χ3n) is 3.21. The minimum atomic E-state index is -0.470. The molecule has 17 heavy (non-hydrogen) atoms. The molecular formula is C13H23N3O. The normalized spacial score (nSPS) is 20.6. The molecule has 1 saturated heterocycles. The molecular weight excluding hydrogens is 214 g/mol. The van der Waals surface area contributed by atoms with Gasteiger partial charge in [-0.25, -0.2) is 0 Å². The molecule has 0 radical (unpaired) electrons. The van der Waals surface area contributed by atoms with Crippen LogP contribution in [0, 0.1) is 22.7 Å². The highest BCUT2D eigenvalue weighted by Gasteiger charge is 2.18. The van der Waals surface area contributed by atoms with Crippen LogP contribution < -0.4 is 10.6 Å². The Balaban J connectivity index is 2.15. The standard InChI is InChI=1S/C13H23N3O/c1-13(2,9-14)10-16-12(17)6-5-11-4-3-7-15-8-11/h11,15H,3-8,10H2,1-2H3,(H,16,17). The first-order chi connectivity index (χ1) is 8.03. The fourth-order valence-electron chi connectivity index (χ4n) is 1.95. The second-order valence-electron chi connectivity index (χ2n) is 5.52. The summed E-state index contributed by atoms with van der Waals surface area (Å²) in [6.07, 6.45) is 3.97. The molecule has 1 rings (SSSR count). The van der Waals surface area contributed by atoms with Gasteiger partial charge in [0.25, 0.3) is 0 Å². The fraction of sp³-hybridized carbons (Fsp3) is 0.846. The van der Waals surface area contributed by atoms with Crippen LogP contribution in [0.2, 0.25) is 0 Å². The van der Waals surface area contributed by atoms with Crippen molar-refractivity contribution >= 4 is 5.91 Å². The summed E-state index contributed by atoms with van der Waals surface area (Å²) in [5.41, 5.74) is -0.470. The highest BCUT2D eigenvalue weighted by Crippen LogP contribution is 2.16. The van der Waals surface area contributed by atoms with Crippen molar-refractivity contribution < 1.29 is 4.79 Å². The SMILES string of the molecule is CC(C)(C#N)CNC(=O)CCC1CCCNC1. The second-order valence-corrected chi connectivity index (χ2v) is 5.52. The molecule has 1 unspecified atom stereocenters. The summed E-state index contributed by atoms with van der Waals surface area (Å²) in [6.45, 7) is 6.25. The Labute approximate surface area is 104 Å². The predicted octanol–water partition coefficient (Wildman–Crippen LogP) is 1.43. The summed E-state index contributed by atoms with van der Waals surface area (Å²) in [4.78, 5) is 11.6. The molecule has 0 aliphatic carbocycles. The van der Waals surface area contributed by atoms with Crippen molar-refractivity contribution in [1.82, 2.24) is 10.6 Å². The lowest BCUT2D eigenvalue weighted by atomic mass is 9.94. The zero-order valence-corrected chi connectivity index (χ0v) is 10.9. The topological polar surface area (TPSA) is 64.9 Å². The highest BCUT2D eigenvalue weighted by atomic mass is 16.1. The fourth-order valence-corrected chi connectivity index (χ4v) is 1.95. The lowest BCUT2D eigenvalue weighted by Crippen LogP contribution is -2.34. The molecule has 0 aromatic heterocycles. The Bertz CT molecular complexity index is 288. The second kappa shape index (κ2) is 6.61. The van der Waals surface area contributed by atoms with Crippen molar-refractivity contribution in [2.45, 2.75) is 39.5 Å². The van der Waals surface area contributed by atoms with Crippen LogP contribution in [0.5, 0.6) is 0 Å². The van der Waals surface area contributed by atoms with Gasteiger partial charge in [0.2, 0.25) is 5.91 Å². The van der Waals surface area contributed by atoms with E-state index in [9.17, 15) is 4.79 Å². The van der Waals surface area contributed by atoms with Gasteiger partial charge in [0.05, 0.1) is 11.5 Å². The molecule has 4 heteroatoms. The number of carbonyl (C=O) groups is 1. The largest absolute Gasteiger partial charge is 0.355 e.